The normalized spacial score (nSPS) is 10.8. The van der Waals surface area contributed by atoms with E-state index in [0.717, 1.165) is 38.2 Å². The Morgan fingerprint density at radius 3 is 2.75 bits per heavy atom. The summed E-state index contributed by atoms with van der Waals surface area (Å²) in [7, 11) is 1.65. The maximum Gasteiger partial charge on any atom is 0.224 e. The average Bonchev–Trinajstić information content (AvgIpc) is 3.20. The second-order valence-electron chi connectivity index (χ2n) is 6.53. The number of aryl methyl sites for hydroxylation is 1. The third-order valence-electron chi connectivity index (χ3n) is 4.61. The predicted octanol–water partition coefficient (Wildman–Crippen LogP) is 5.54. The van der Waals surface area contributed by atoms with Gasteiger partial charge in [0.1, 0.15) is 5.75 Å². The molecule has 0 atom stereocenters. The molecule has 1 N–H and O–H groups in total. The molecule has 2 heterocycles. The Balaban J connectivity index is 1.38. The van der Waals surface area contributed by atoms with Crippen LogP contribution < -0.4 is 10.1 Å². The number of thiophene rings is 1. The van der Waals surface area contributed by atoms with E-state index in [1.165, 1.54) is 0 Å². The zero-order chi connectivity index (χ0) is 19.3. The quantitative estimate of drug-likeness (QED) is 0.472. The van der Waals surface area contributed by atoms with E-state index in [9.17, 15) is 4.79 Å². The molecule has 0 spiro atoms. The smallest absolute Gasteiger partial charge is 0.224 e. The summed E-state index contributed by atoms with van der Waals surface area (Å²) in [6.07, 6.45) is 4.81. The van der Waals surface area contributed by atoms with Gasteiger partial charge in [-0.05, 0) is 53.3 Å². The van der Waals surface area contributed by atoms with Crippen LogP contribution in [0.2, 0.25) is 0 Å². The van der Waals surface area contributed by atoms with Crippen molar-refractivity contribution in [1.82, 2.24) is 4.98 Å². The Morgan fingerprint density at radius 1 is 1.07 bits per heavy atom. The molecule has 0 saturated carbocycles. The zero-order valence-electron chi connectivity index (χ0n) is 15.5. The summed E-state index contributed by atoms with van der Waals surface area (Å²) in [5.41, 5.74) is 3.10. The Bertz CT molecular complexity index is 1100. The summed E-state index contributed by atoms with van der Waals surface area (Å²) in [6.45, 7) is 0. The number of ether oxygens (including phenoxy) is 1. The van der Waals surface area contributed by atoms with E-state index in [2.05, 4.69) is 28.5 Å². The Labute approximate surface area is 167 Å². The standard InChI is InChI=1S/C23H20N2O2S/c1-27-21-7-2-16(3-8-21)4-9-23(26)25-20-13-22(28-15-20)18-5-6-19-14-24-11-10-17(19)12-18/h2-3,5-8,10-15H,4,9H2,1H3,(H,25,26). The first kappa shape index (κ1) is 18.2. The molecule has 2 aromatic carbocycles. The topological polar surface area (TPSA) is 51.2 Å². The van der Waals surface area contributed by atoms with Crippen LogP contribution in [0.1, 0.15) is 12.0 Å². The molecule has 0 aliphatic heterocycles. The number of fused-ring (bicyclic) bond motifs is 1. The fourth-order valence-electron chi connectivity index (χ4n) is 3.06. The lowest BCUT2D eigenvalue weighted by atomic mass is 10.1. The first-order valence-corrected chi connectivity index (χ1v) is 9.95. The van der Waals surface area contributed by atoms with Gasteiger partial charge in [-0.3, -0.25) is 9.78 Å². The first-order valence-electron chi connectivity index (χ1n) is 9.07. The highest BCUT2D eigenvalue weighted by Crippen LogP contribution is 2.31. The average molecular weight is 388 g/mol. The van der Waals surface area contributed by atoms with Crippen LogP contribution in [0.4, 0.5) is 5.69 Å². The highest BCUT2D eigenvalue weighted by atomic mass is 32.1. The van der Waals surface area contributed by atoms with Crippen LogP contribution >= 0.6 is 11.3 Å². The van der Waals surface area contributed by atoms with Gasteiger partial charge in [-0.15, -0.1) is 11.3 Å². The van der Waals surface area contributed by atoms with Crippen LogP contribution in [-0.2, 0) is 11.2 Å². The van der Waals surface area contributed by atoms with Crippen LogP contribution in [0.25, 0.3) is 21.2 Å². The number of anilines is 1. The lowest BCUT2D eigenvalue weighted by Crippen LogP contribution is -2.11. The number of aromatic nitrogens is 1. The van der Waals surface area contributed by atoms with E-state index in [1.54, 1.807) is 24.6 Å². The molecule has 0 radical (unpaired) electrons. The number of rotatable bonds is 6. The van der Waals surface area contributed by atoms with Crippen molar-refractivity contribution in [1.29, 1.82) is 0 Å². The fourth-order valence-corrected chi connectivity index (χ4v) is 3.90. The van der Waals surface area contributed by atoms with Crippen molar-refractivity contribution in [3.63, 3.8) is 0 Å². The lowest BCUT2D eigenvalue weighted by molar-refractivity contribution is -0.116. The number of hydrogen-bond acceptors (Lipinski definition) is 4. The van der Waals surface area contributed by atoms with Gasteiger partial charge in [-0.25, -0.2) is 0 Å². The van der Waals surface area contributed by atoms with E-state index in [4.69, 9.17) is 4.74 Å². The highest BCUT2D eigenvalue weighted by molar-refractivity contribution is 7.14. The van der Waals surface area contributed by atoms with Crippen molar-refractivity contribution >= 4 is 33.7 Å². The summed E-state index contributed by atoms with van der Waals surface area (Å²) >= 11 is 1.63. The molecular weight excluding hydrogens is 368 g/mol. The molecule has 0 fully saturated rings. The third-order valence-corrected chi connectivity index (χ3v) is 5.59. The molecule has 5 heteroatoms. The highest BCUT2D eigenvalue weighted by Gasteiger charge is 2.08. The van der Waals surface area contributed by atoms with Crippen LogP contribution in [0.15, 0.2) is 72.4 Å². The molecule has 4 rings (SSSR count). The molecule has 0 aliphatic carbocycles. The first-order chi connectivity index (χ1) is 13.7. The van der Waals surface area contributed by atoms with E-state index in [1.807, 2.05) is 48.0 Å². The van der Waals surface area contributed by atoms with E-state index in [0.29, 0.717) is 12.8 Å². The molecule has 2 aromatic heterocycles. The summed E-state index contributed by atoms with van der Waals surface area (Å²) in [6, 6.07) is 18.2. The van der Waals surface area contributed by atoms with Crippen molar-refractivity contribution in [2.45, 2.75) is 12.8 Å². The summed E-state index contributed by atoms with van der Waals surface area (Å²) in [4.78, 5) is 17.6. The van der Waals surface area contributed by atoms with E-state index >= 15 is 0 Å². The molecule has 4 aromatic rings. The molecule has 0 unspecified atom stereocenters. The number of carbonyl (C=O) groups is 1. The molecule has 28 heavy (non-hydrogen) atoms. The predicted molar refractivity (Wildman–Crippen MR) is 115 cm³/mol. The van der Waals surface area contributed by atoms with Gasteiger partial charge >= 0.3 is 0 Å². The van der Waals surface area contributed by atoms with Crippen molar-refractivity contribution < 1.29 is 9.53 Å². The van der Waals surface area contributed by atoms with Crippen molar-refractivity contribution in [2.75, 3.05) is 12.4 Å². The minimum Gasteiger partial charge on any atom is -0.497 e. The fraction of sp³-hybridized carbons (Fsp3) is 0.130. The minimum absolute atomic E-state index is 0.0183. The molecule has 140 valence electrons. The third kappa shape index (κ3) is 4.21. The second-order valence-corrected chi connectivity index (χ2v) is 7.44. The van der Waals surface area contributed by atoms with Gasteiger partial charge in [0.15, 0.2) is 0 Å². The van der Waals surface area contributed by atoms with Crippen molar-refractivity contribution in [3.8, 4) is 16.2 Å². The van der Waals surface area contributed by atoms with E-state index in [-0.39, 0.29) is 5.91 Å². The van der Waals surface area contributed by atoms with Crippen LogP contribution in [0, 0.1) is 0 Å². The van der Waals surface area contributed by atoms with E-state index < -0.39 is 0 Å². The molecule has 0 aliphatic rings. The maximum absolute atomic E-state index is 12.3. The maximum atomic E-state index is 12.3. The summed E-state index contributed by atoms with van der Waals surface area (Å²) < 4.78 is 5.15. The number of nitrogens with zero attached hydrogens (tertiary/aromatic N) is 1. The number of hydrogen-bond donors (Lipinski definition) is 1. The number of carbonyl (C=O) groups excluding carboxylic acids is 1. The SMILES string of the molecule is COc1ccc(CCC(=O)Nc2csc(-c3ccc4cnccc4c3)c2)cc1. The van der Waals surface area contributed by atoms with Crippen molar-refractivity contribution in [3.05, 3.63) is 77.9 Å². The molecule has 0 bridgehead atoms. The number of benzene rings is 2. The summed E-state index contributed by atoms with van der Waals surface area (Å²) in [5.74, 6) is 0.841. The van der Waals surface area contributed by atoms with Crippen LogP contribution in [0.5, 0.6) is 5.75 Å². The van der Waals surface area contributed by atoms with Gasteiger partial charge in [0.2, 0.25) is 5.91 Å². The lowest BCUT2D eigenvalue weighted by Gasteiger charge is -2.05. The summed E-state index contributed by atoms with van der Waals surface area (Å²) in [5, 5.41) is 7.26. The van der Waals surface area contributed by atoms with Gasteiger partial charge in [-0.1, -0.05) is 24.3 Å². The minimum atomic E-state index is 0.0183. The number of nitrogens with one attached hydrogen (secondary N) is 1. The Kier molecular flexibility index (Phi) is 5.35. The van der Waals surface area contributed by atoms with Gasteiger partial charge in [0, 0.05) is 34.5 Å². The molecule has 4 nitrogen and oxygen atoms in total. The van der Waals surface area contributed by atoms with Gasteiger partial charge in [0.05, 0.1) is 12.8 Å². The Morgan fingerprint density at radius 2 is 1.93 bits per heavy atom. The zero-order valence-corrected chi connectivity index (χ0v) is 16.3. The number of amides is 1. The molecular formula is C23H20N2O2S. The van der Waals surface area contributed by atoms with Gasteiger partial charge in [0.25, 0.3) is 0 Å². The van der Waals surface area contributed by atoms with Crippen molar-refractivity contribution in [2.24, 2.45) is 0 Å². The van der Waals surface area contributed by atoms with Crippen LogP contribution in [-0.4, -0.2) is 18.0 Å². The second kappa shape index (κ2) is 8.23. The van der Waals surface area contributed by atoms with Gasteiger partial charge in [-0.2, -0.15) is 0 Å². The van der Waals surface area contributed by atoms with Crippen LogP contribution in [0.3, 0.4) is 0 Å². The monoisotopic (exact) mass is 388 g/mol. The number of methoxy groups -OCH3 is 1. The van der Waals surface area contributed by atoms with Gasteiger partial charge < -0.3 is 10.1 Å². The Hall–Kier alpha value is -3.18. The number of pyridine rings is 1. The largest absolute Gasteiger partial charge is 0.497 e. The molecule has 0 saturated heterocycles. The molecule has 1 amide bonds.